The van der Waals surface area contributed by atoms with E-state index in [1.165, 1.54) is 9.58 Å². The molecule has 15 heteroatoms. The number of nitrogens with zero attached hydrogens (tertiary/aromatic N) is 6. The number of aromatic nitrogens is 4. The second-order valence-electron chi connectivity index (χ2n) is 6.43. The van der Waals surface area contributed by atoms with Crippen molar-refractivity contribution in [3.05, 3.63) is 0 Å². The molecule has 2 unspecified atom stereocenters. The highest BCUT2D eigenvalue weighted by atomic mass is 32.2. The Morgan fingerprint density at radius 3 is 2.71 bits per heavy atom. The summed E-state index contributed by atoms with van der Waals surface area (Å²) in [5.41, 5.74) is -1.33. The lowest BCUT2D eigenvalue weighted by atomic mass is 9.89. The van der Waals surface area contributed by atoms with Crippen LogP contribution in [0.5, 0.6) is 0 Å². The predicted molar refractivity (Wildman–Crippen MR) is 97.5 cm³/mol. The van der Waals surface area contributed by atoms with Gasteiger partial charge in [0, 0.05) is 25.1 Å². The zero-order valence-corrected chi connectivity index (χ0v) is 17.0. The monoisotopic (exact) mass is 456 g/mol. The topological polar surface area (TPSA) is 104 Å². The second kappa shape index (κ2) is 7.33. The molecule has 2 saturated heterocycles. The maximum Gasteiger partial charge on any atom is 0.486 e. The van der Waals surface area contributed by atoms with E-state index in [4.69, 9.17) is 0 Å². The number of hydrogen-bond donors (Lipinski definition) is 1. The van der Waals surface area contributed by atoms with Crippen LogP contribution in [-0.2, 0) is 16.6 Å². The van der Waals surface area contributed by atoms with Gasteiger partial charge in [0.2, 0.25) is 11.1 Å². The van der Waals surface area contributed by atoms with Crippen LogP contribution in [0.2, 0.25) is 0 Å². The number of amides is 1. The van der Waals surface area contributed by atoms with Crippen LogP contribution in [0.1, 0.15) is 6.92 Å². The molecule has 0 aromatic carbocycles. The van der Waals surface area contributed by atoms with E-state index >= 15 is 0 Å². The molecule has 3 atom stereocenters. The molecule has 1 aromatic heterocycles. The van der Waals surface area contributed by atoms with Gasteiger partial charge in [0.15, 0.2) is 0 Å². The maximum absolute atomic E-state index is 13.3. The van der Waals surface area contributed by atoms with Crippen LogP contribution in [-0.4, -0.2) is 87.7 Å². The van der Waals surface area contributed by atoms with Crippen molar-refractivity contribution in [3.8, 4) is 0 Å². The number of aryl methyl sites for hydroxylation is 1. The van der Waals surface area contributed by atoms with Gasteiger partial charge in [-0.05, 0) is 17.4 Å². The van der Waals surface area contributed by atoms with Crippen LogP contribution in [0.25, 0.3) is 0 Å². The first-order valence-corrected chi connectivity index (χ1v) is 10.3. The molecular weight excluding hydrogens is 441 g/mol. The fourth-order valence-corrected chi connectivity index (χ4v) is 6.04. The average Bonchev–Trinajstić information content (AvgIpc) is 3.00. The predicted octanol–water partition coefficient (Wildman–Crippen LogP) is 0.826. The summed E-state index contributed by atoms with van der Waals surface area (Å²) in [6, 6.07) is -1.47. The van der Waals surface area contributed by atoms with E-state index < -0.39 is 40.0 Å². The fraction of sp³-hybridized carbons (Fsp3) is 0.692. The van der Waals surface area contributed by atoms with Crippen molar-refractivity contribution in [3.63, 3.8) is 0 Å². The zero-order valence-electron chi connectivity index (χ0n) is 14.6. The van der Waals surface area contributed by atoms with Gasteiger partial charge in [-0.2, -0.15) is 13.2 Å². The molecule has 3 rings (SSSR count). The Labute approximate surface area is 171 Å². The Morgan fingerprint density at radius 1 is 1.54 bits per heavy atom. The van der Waals surface area contributed by atoms with Crippen molar-refractivity contribution in [2.75, 3.05) is 18.1 Å². The van der Waals surface area contributed by atoms with Gasteiger partial charge in [0.1, 0.15) is 16.8 Å². The standard InChI is InChI=1S/C13H15F3N6O3S3/c1-6(26)22(13(14,15)16)7-8(23)21-3-12(10(24)25,4-27-9(7)21)5-28-11-17-18-19-20(11)2/h7,9H,3-5H2,1-2H3,(H,24,25)/t7?,9-,12?/m1/s1. The lowest BCUT2D eigenvalue weighted by Gasteiger charge is -2.56. The number of carboxylic acids is 1. The third-order valence-corrected chi connectivity index (χ3v) is 7.59. The van der Waals surface area contributed by atoms with E-state index in [2.05, 4.69) is 27.7 Å². The van der Waals surface area contributed by atoms with Gasteiger partial charge in [-0.25, -0.2) is 4.68 Å². The lowest BCUT2D eigenvalue weighted by molar-refractivity contribution is -0.241. The largest absolute Gasteiger partial charge is 0.486 e. The molecule has 0 bridgehead atoms. The molecule has 2 fully saturated rings. The summed E-state index contributed by atoms with van der Waals surface area (Å²) in [4.78, 5) is 25.1. The van der Waals surface area contributed by atoms with Crippen LogP contribution in [0, 0.1) is 5.41 Å². The van der Waals surface area contributed by atoms with Crippen molar-refractivity contribution < 1.29 is 27.9 Å². The molecule has 3 heterocycles. The first kappa shape index (κ1) is 21.1. The third kappa shape index (κ3) is 3.54. The molecule has 1 amide bonds. The van der Waals surface area contributed by atoms with Gasteiger partial charge in [0.05, 0.1) is 4.99 Å². The quantitative estimate of drug-likeness (QED) is 0.296. The van der Waals surface area contributed by atoms with Crippen molar-refractivity contribution in [1.82, 2.24) is 30.0 Å². The van der Waals surface area contributed by atoms with E-state index in [0.29, 0.717) is 5.16 Å². The first-order valence-electron chi connectivity index (χ1n) is 7.85. The Morgan fingerprint density at radius 2 is 2.21 bits per heavy atom. The Bertz CT molecular complexity index is 821. The fourth-order valence-electron chi connectivity index (χ4n) is 3.07. The summed E-state index contributed by atoms with van der Waals surface area (Å²) >= 11 is 6.81. The molecule has 0 aliphatic carbocycles. The molecule has 1 N–H and O–H groups in total. The van der Waals surface area contributed by atoms with Gasteiger partial charge in [-0.1, -0.05) is 24.0 Å². The molecule has 0 spiro atoms. The molecule has 28 heavy (non-hydrogen) atoms. The number of carbonyl (C=O) groups excluding carboxylic acids is 1. The van der Waals surface area contributed by atoms with E-state index in [1.54, 1.807) is 7.05 Å². The van der Waals surface area contributed by atoms with E-state index in [9.17, 15) is 27.9 Å². The minimum atomic E-state index is -4.78. The number of carbonyl (C=O) groups is 2. The molecule has 154 valence electrons. The number of aliphatic carboxylic acids is 1. The summed E-state index contributed by atoms with van der Waals surface area (Å²) in [6.07, 6.45) is -4.78. The third-order valence-electron chi connectivity index (χ3n) is 4.52. The number of rotatable bonds is 5. The molecule has 1 aromatic rings. The van der Waals surface area contributed by atoms with Crippen LogP contribution in [0.15, 0.2) is 5.16 Å². The number of thiocarbonyl (C=S) groups is 1. The number of tetrazole rings is 1. The highest BCUT2D eigenvalue weighted by molar-refractivity contribution is 8.00. The normalized spacial score (nSPS) is 27.2. The number of alkyl halides is 3. The average molecular weight is 456 g/mol. The van der Waals surface area contributed by atoms with Crippen molar-refractivity contribution in [1.29, 1.82) is 0 Å². The zero-order chi connectivity index (χ0) is 20.9. The summed E-state index contributed by atoms with van der Waals surface area (Å²) in [7, 11) is 1.60. The van der Waals surface area contributed by atoms with Gasteiger partial charge in [0.25, 0.3) is 0 Å². The van der Waals surface area contributed by atoms with Gasteiger partial charge in [-0.3, -0.25) is 14.5 Å². The van der Waals surface area contributed by atoms with Crippen molar-refractivity contribution in [2.45, 2.75) is 29.8 Å². The summed E-state index contributed by atoms with van der Waals surface area (Å²) in [5, 5.41) is 20.3. The maximum atomic E-state index is 13.3. The van der Waals surface area contributed by atoms with Crippen molar-refractivity contribution >= 4 is 52.6 Å². The number of thioether (sulfide) groups is 2. The first-order chi connectivity index (χ1) is 13.0. The Kier molecular flexibility index (Phi) is 5.53. The lowest BCUT2D eigenvalue weighted by Crippen LogP contribution is -2.75. The highest BCUT2D eigenvalue weighted by Crippen LogP contribution is 2.47. The molecule has 2 aliphatic heterocycles. The number of halogens is 3. The van der Waals surface area contributed by atoms with Crippen molar-refractivity contribution in [2.24, 2.45) is 12.5 Å². The minimum absolute atomic E-state index is 0.0213. The number of β-lactam (4-membered cyclic amide) rings is 1. The van der Waals surface area contributed by atoms with E-state index in [0.717, 1.165) is 30.4 Å². The molecule has 2 aliphatic rings. The van der Waals surface area contributed by atoms with E-state index in [-0.39, 0.29) is 23.0 Å². The Balaban J connectivity index is 1.76. The Hall–Kier alpha value is -1.61. The molecule has 0 saturated carbocycles. The smallest absolute Gasteiger partial charge is 0.481 e. The SMILES string of the molecule is CC(=S)N(C1C(=O)N2CC(CSc3nnnn3C)(C(=O)O)CS[C@H]12)C(F)(F)F. The summed E-state index contributed by atoms with van der Waals surface area (Å²) in [5.74, 6) is -1.79. The summed E-state index contributed by atoms with van der Waals surface area (Å²) < 4.78 is 41.3. The number of hydrogen-bond acceptors (Lipinski definition) is 8. The van der Waals surface area contributed by atoms with Gasteiger partial charge < -0.3 is 10.0 Å². The minimum Gasteiger partial charge on any atom is -0.481 e. The van der Waals surface area contributed by atoms with Crippen LogP contribution in [0.4, 0.5) is 13.2 Å². The van der Waals surface area contributed by atoms with Crippen LogP contribution >= 0.6 is 35.7 Å². The molecule has 9 nitrogen and oxygen atoms in total. The van der Waals surface area contributed by atoms with Gasteiger partial charge >= 0.3 is 12.3 Å². The number of carboxylic acid groups (broad SMARTS) is 1. The molecular formula is C13H15F3N6O3S3. The van der Waals surface area contributed by atoms with Crippen LogP contribution < -0.4 is 0 Å². The molecule has 0 radical (unpaired) electrons. The van der Waals surface area contributed by atoms with E-state index in [1.807, 2.05) is 0 Å². The van der Waals surface area contributed by atoms with Gasteiger partial charge in [-0.15, -0.1) is 16.9 Å². The second-order valence-corrected chi connectivity index (χ2v) is 9.07. The summed E-state index contributed by atoms with van der Waals surface area (Å²) in [6.45, 7) is 0.926. The van der Waals surface area contributed by atoms with Crippen LogP contribution in [0.3, 0.4) is 0 Å². The number of fused-ring (bicyclic) bond motifs is 1. The highest BCUT2D eigenvalue weighted by Gasteiger charge is 2.62.